The van der Waals surface area contributed by atoms with Gasteiger partial charge in [-0.05, 0) is 75.6 Å². The fourth-order valence-corrected chi connectivity index (χ4v) is 8.87. The molecule has 0 saturated heterocycles. The minimum absolute atomic E-state index is 0.221. The predicted molar refractivity (Wildman–Crippen MR) is 207 cm³/mol. The molecule has 1 heterocycles. The zero-order valence-electron chi connectivity index (χ0n) is 27.8. The van der Waals surface area contributed by atoms with E-state index in [0.717, 1.165) is 35.0 Å². The van der Waals surface area contributed by atoms with Crippen LogP contribution in [0.15, 0.2) is 168 Å². The number of aromatic nitrogens is 1. The first-order valence-corrected chi connectivity index (χ1v) is 17.4. The van der Waals surface area contributed by atoms with E-state index in [-0.39, 0.29) is 5.84 Å². The Morgan fingerprint density at radius 1 is 0.600 bits per heavy atom. The number of allylic oxidation sites excluding steroid dienone is 4. The Morgan fingerprint density at radius 3 is 2.00 bits per heavy atom. The summed E-state index contributed by atoms with van der Waals surface area (Å²) in [5.74, 6) is 0.922. The van der Waals surface area contributed by atoms with Gasteiger partial charge in [0.25, 0.3) is 0 Å². The van der Waals surface area contributed by atoms with Gasteiger partial charge in [-0.3, -0.25) is 15.1 Å². The Morgan fingerprint density at radius 2 is 1.22 bits per heavy atom. The highest BCUT2D eigenvalue weighted by Crippen LogP contribution is 2.64. The minimum Gasteiger partial charge on any atom is -0.282 e. The molecule has 0 fully saturated rings. The Labute approximate surface area is 291 Å². The number of rotatable bonds is 3. The SMILES string of the molecule is CN(C(=NC(=N)c1ccccc1)c1ccccc1)n1c2ccccc2c2cc3c(cc21)C1(C2=CCCC=C2c2ccccc21)c1ccccc1-3. The number of aliphatic imine (C=N–C) groups is 1. The van der Waals surface area contributed by atoms with E-state index in [1.165, 1.54) is 55.3 Å². The maximum Gasteiger partial charge on any atom is 0.157 e. The maximum absolute atomic E-state index is 9.06. The van der Waals surface area contributed by atoms with Gasteiger partial charge in [-0.2, -0.15) is 0 Å². The second-order valence-corrected chi connectivity index (χ2v) is 13.4. The van der Waals surface area contributed by atoms with Gasteiger partial charge in [0, 0.05) is 28.9 Å². The molecule has 1 spiro atoms. The summed E-state index contributed by atoms with van der Waals surface area (Å²) in [6, 6.07) is 51.6. The summed E-state index contributed by atoms with van der Waals surface area (Å²) in [7, 11) is 2.07. The van der Waals surface area contributed by atoms with Crippen molar-refractivity contribution in [2.75, 3.05) is 12.1 Å². The molecule has 0 saturated carbocycles. The molecule has 0 radical (unpaired) electrons. The van der Waals surface area contributed by atoms with Crippen molar-refractivity contribution >= 4 is 39.1 Å². The molecule has 3 aliphatic carbocycles. The largest absolute Gasteiger partial charge is 0.282 e. The van der Waals surface area contributed by atoms with Crippen molar-refractivity contribution in [2.24, 2.45) is 4.99 Å². The third kappa shape index (κ3) is 3.87. The van der Waals surface area contributed by atoms with Gasteiger partial charge in [0.2, 0.25) is 0 Å². The monoisotopic (exact) mass is 642 g/mol. The van der Waals surface area contributed by atoms with Crippen LogP contribution in [0.4, 0.5) is 0 Å². The molecule has 7 aromatic rings. The standard InChI is InChI=1S/C46H34N4/c1-49(45(31-18-6-3-7-19-31)48-44(47)30-16-4-2-5-17-30)50-42-27-15-11-23-35(42)37-28-36-34-22-10-14-26-40(34)46(41(36)29-43(37)50)38-24-12-8-20-32(38)33-21-9-13-25-39(33)46/h2-8,10-12,14-29,47H,9,13H2,1H3. The van der Waals surface area contributed by atoms with Crippen molar-refractivity contribution in [3.63, 3.8) is 0 Å². The smallest absolute Gasteiger partial charge is 0.157 e. The average molecular weight is 643 g/mol. The van der Waals surface area contributed by atoms with Gasteiger partial charge in [0.05, 0.1) is 16.4 Å². The van der Waals surface area contributed by atoms with E-state index in [2.05, 4.69) is 126 Å². The molecule has 10 rings (SSSR count). The molecular weight excluding hydrogens is 609 g/mol. The van der Waals surface area contributed by atoms with E-state index in [0.29, 0.717) is 5.84 Å². The minimum atomic E-state index is -0.394. The average Bonchev–Trinajstić information content (AvgIpc) is 3.78. The Balaban J connectivity index is 1.28. The van der Waals surface area contributed by atoms with E-state index < -0.39 is 5.41 Å². The number of benzene rings is 6. The summed E-state index contributed by atoms with van der Waals surface area (Å²) in [4.78, 5) is 5.03. The second-order valence-electron chi connectivity index (χ2n) is 13.4. The molecule has 1 N–H and O–H groups in total. The van der Waals surface area contributed by atoms with Crippen LogP contribution in [0, 0.1) is 5.41 Å². The quantitative estimate of drug-likeness (QED) is 0.151. The van der Waals surface area contributed by atoms with Gasteiger partial charge in [-0.25, -0.2) is 4.99 Å². The van der Waals surface area contributed by atoms with Gasteiger partial charge in [-0.15, -0.1) is 0 Å². The highest BCUT2D eigenvalue weighted by Gasteiger charge is 2.53. The van der Waals surface area contributed by atoms with Crippen LogP contribution in [0.3, 0.4) is 0 Å². The highest BCUT2D eigenvalue weighted by molar-refractivity contribution is 6.17. The molecule has 1 atom stereocenters. The van der Waals surface area contributed by atoms with Crippen molar-refractivity contribution in [2.45, 2.75) is 18.3 Å². The van der Waals surface area contributed by atoms with Crippen LogP contribution in [0.5, 0.6) is 0 Å². The fourth-order valence-electron chi connectivity index (χ4n) is 8.87. The molecular formula is C46H34N4. The number of hydrogen-bond acceptors (Lipinski definition) is 1. The van der Waals surface area contributed by atoms with Crippen LogP contribution in [-0.2, 0) is 5.41 Å². The van der Waals surface area contributed by atoms with Crippen LogP contribution in [0.1, 0.15) is 46.2 Å². The first-order chi connectivity index (χ1) is 24.7. The molecule has 0 amide bonds. The number of hydrogen-bond donors (Lipinski definition) is 1. The third-order valence-corrected chi connectivity index (χ3v) is 10.9. The molecule has 1 aromatic heterocycles. The number of nitrogens with one attached hydrogen (secondary N) is 1. The first-order valence-electron chi connectivity index (χ1n) is 17.4. The summed E-state index contributed by atoms with van der Waals surface area (Å²) in [6.07, 6.45) is 7.07. The number of fused-ring (bicyclic) bond motifs is 13. The lowest BCUT2D eigenvalue weighted by molar-refractivity contribution is 0.781. The highest BCUT2D eigenvalue weighted by atomic mass is 15.6. The molecule has 0 bridgehead atoms. The van der Waals surface area contributed by atoms with Gasteiger partial charge in [-0.1, -0.05) is 140 Å². The molecule has 238 valence electrons. The van der Waals surface area contributed by atoms with Crippen molar-refractivity contribution < 1.29 is 0 Å². The molecule has 3 aliphatic rings. The summed E-state index contributed by atoms with van der Waals surface area (Å²) in [6.45, 7) is 0. The molecule has 4 nitrogen and oxygen atoms in total. The number of para-hydroxylation sites is 1. The topological polar surface area (TPSA) is 44.4 Å². The molecule has 0 aliphatic heterocycles. The summed E-state index contributed by atoms with van der Waals surface area (Å²) in [5, 5.41) is 13.6. The predicted octanol–water partition coefficient (Wildman–Crippen LogP) is 10.3. The van der Waals surface area contributed by atoms with Crippen molar-refractivity contribution in [3.8, 4) is 11.1 Å². The van der Waals surface area contributed by atoms with Crippen molar-refractivity contribution in [1.82, 2.24) is 4.68 Å². The molecule has 50 heavy (non-hydrogen) atoms. The lowest BCUT2D eigenvalue weighted by atomic mass is 9.69. The molecule has 6 aromatic carbocycles. The Kier molecular flexibility index (Phi) is 6.25. The summed E-state index contributed by atoms with van der Waals surface area (Å²) >= 11 is 0. The van der Waals surface area contributed by atoms with Crippen molar-refractivity contribution in [3.05, 3.63) is 197 Å². The Bertz CT molecular complexity index is 2620. The second kappa shape index (κ2) is 10.9. The van der Waals surface area contributed by atoms with Crippen LogP contribution >= 0.6 is 0 Å². The number of nitrogens with zero attached hydrogens (tertiary/aromatic N) is 3. The normalized spacial score (nSPS) is 17.3. The van der Waals surface area contributed by atoms with E-state index >= 15 is 0 Å². The van der Waals surface area contributed by atoms with Gasteiger partial charge in [0.15, 0.2) is 11.7 Å². The number of amidine groups is 2. The molecule has 4 heteroatoms. The molecule has 1 unspecified atom stereocenters. The van der Waals surface area contributed by atoms with Crippen molar-refractivity contribution in [1.29, 1.82) is 5.41 Å². The van der Waals surface area contributed by atoms with Gasteiger partial charge in [0.1, 0.15) is 0 Å². The fraction of sp³-hybridized carbons (Fsp3) is 0.0870. The lowest BCUT2D eigenvalue weighted by Crippen LogP contribution is -2.38. The van der Waals surface area contributed by atoms with E-state index in [9.17, 15) is 0 Å². The van der Waals surface area contributed by atoms with Crippen LogP contribution in [-0.4, -0.2) is 23.4 Å². The summed E-state index contributed by atoms with van der Waals surface area (Å²) < 4.78 is 2.30. The zero-order valence-corrected chi connectivity index (χ0v) is 27.8. The van der Waals surface area contributed by atoms with Crippen LogP contribution < -0.4 is 5.01 Å². The van der Waals surface area contributed by atoms with Crippen LogP contribution in [0.2, 0.25) is 0 Å². The van der Waals surface area contributed by atoms with Gasteiger partial charge >= 0.3 is 0 Å². The van der Waals surface area contributed by atoms with E-state index in [1.807, 2.05) is 48.5 Å². The first kappa shape index (κ1) is 28.7. The Hall–Kier alpha value is -6.26. The maximum atomic E-state index is 9.06. The third-order valence-electron chi connectivity index (χ3n) is 10.9. The lowest BCUT2D eigenvalue weighted by Gasteiger charge is -2.32. The van der Waals surface area contributed by atoms with Crippen LogP contribution in [0.25, 0.3) is 38.5 Å². The summed E-state index contributed by atoms with van der Waals surface area (Å²) in [5.41, 5.74) is 14.3. The van der Waals surface area contributed by atoms with E-state index in [4.69, 9.17) is 10.4 Å². The zero-order chi connectivity index (χ0) is 33.4. The van der Waals surface area contributed by atoms with Gasteiger partial charge < -0.3 is 0 Å². The van der Waals surface area contributed by atoms with E-state index in [1.54, 1.807) is 0 Å².